The van der Waals surface area contributed by atoms with Gasteiger partial charge in [-0.05, 0) is 36.8 Å². The smallest absolute Gasteiger partial charge is 0.248 e. The van der Waals surface area contributed by atoms with Crippen molar-refractivity contribution in [1.29, 1.82) is 0 Å². The van der Waals surface area contributed by atoms with Crippen LogP contribution in [0.3, 0.4) is 0 Å². The fraction of sp³-hybridized carbons (Fsp3) is 0.0625. The molecule has 0 saturated carbocycles. The zero-order chi connectivity index (χ0) is 16.2. The van der Waals surface area contributed by atoms with Gasteiger partial charge in [0.25, 0.3) is 0 Å². The standard InChI is InChI=1S/C16H14ClN5O/c1-10-12(17)5-2-6-13(10)22-15-14(18)16(21-9-20-15)23-11-4-3-7-19-8-11/h2-9H,18H2,1H3,(H,20,21,22). The van der Waals surface area contributed by atoms with Gasteiger partial charge in [-0.3, -0.25) is 4.98 Å². The van der Waals surface area contributed by atoms with E-state index in [1.807, 2.05) is 25.1 Å². The van der Waals surface area contributed by atoms with Crippen LogP contribution in [-0.2, 0) is 0 Å². The largest absolute Gasteiger partial charge is 0.435 e. The maximum absolute atomic E-state index is 6.12. The van der Waals surface area contributed by atoms with Crippen LogP contribution in [0.4, 0.5) is 17.2 Å². The predicted molar refractivity (Wildman–Crippen MR) is 90.2 cm³/mol. The van der Waals surface area contributed by atoms with Crippen molar-refractivity contribution in [3.05, 3.63) is 59.6 Å². The van der Waals surface area contributed by atoms with Crippen LogP contribution in [0.25, 0.3) is 0 Å². The summed E-state index contributed by atoms with van der Waals surface area (Å²) < 4.78 is 5.64. The number of hydrogen-bond donors (Lipinski definition) is 2. The summed E-state index contributed by atoms with van der Waals surface area (Å²) in [7, 11) is 0. The Labute approximate surface area is 138 Å². The first-order valence-electron chi connectivity index (χ1n) is 6.85. The summed E-state index contributed by atoms with van der Waals surface area (Å²) in [5.41, 5.74) is 8.12. The van der Waals surface area contributed by atoms with Gasteiger partial charge in [-0.2, -0.15) is 4.98 Å². The Kier molecular flexibility index (Phi) is 4.25. The van der Waals surface area contributed by atoms with Gasteiger partial charge in [-0.15, -0.1) is 0 Å². The third-order valence-electron chi connectivity index (χ3n) is 3.22. The Balaban J connectivity index is 1.89. The van der Waals surface area contributed by atoms with Crippen molar-refractivity contribution in [2.45, 2.75) is 6.92 Å². The van der Waals surface area contributed by atoms with Gasteiger partial charge in [-0.1, -0.05) is 17.7 Å². The molecule has 0 unspecified atom stereocenters. The van der Waals surface area contributed by atoms with Crippen LogP contribution in [0.15, 0.2) is 49.1 Å². The van der Waals surface area contributed by atoms with Gasteiger partial charge < -0.3 is 15.8 Å². The predicted octanol–water partition coefficient (Wildman–Crippen LogP) is 3.95. The number of halogens is 1. The van der Waals surface area contributed by atoms with E-state index in [1.54, 1.807) is 24.5 Å². The number of hydrogen-bond acceptors (Lipinski definition) is 6. The van der Waals surface area contributed by atoms with Crippen molar-refractivity contribution < 1.29 is 4.74 Å². The van der Waals surface area contributed by atoms with E-state index < -0.39 is 0 Å². The van der Waals surface area contributed by atoms with Crippen molar-refractivity contribution in [3.8, 4) is 11.6 Å². The van der Waals surface area contributed by atoms with Crippen molar-refractivity contribution in [2.75, 3.05) is 11.1 Å². The molecule has 0 bridgehead atoms. The molecule has 0 atom stereocenters. The molecule has 0 amide bonds. The summed E-state index contributed by atoms with van der Waals surface area (Å²) in [4.78, 5) is 12.2. The van der Waals surface area contributed by atoms with Gasteiger partial charge in [-0.25, -0.2) is 4.98 Å². The summed E-state index contributed by atoms with van der Waals surface area (Å²) in [6.07, 6.45) is 4.62. The van der Waals surface area contributed by atoms with Crippen molar-refractivity contribution >= 4 is 28.8 Å². The second-order valence-electron chi connectivity index (χ2n) is 4.77. The Hall–Kier alpha value is -2.86. The Bertz CT molecular complexity index is 826. The van der Waals surface area contributed by atoms with E-state index in [4.69, 9.17) is 22.1 Å². The number of nitrogens with one attached hydrogen (secondary N) is 1. The first-order valence-corrected chi connectivity index (χ1v) is 7.23. The Morgan fingerprint density at radius 1 is 1.17 bits per heavy atom. The topological polar surface area (TPSA) is 86.0 Å². The molecule has 0 aliphatic carbocycles. The highest BCUT2D eigenvalue weighted by Crippen LogP contribution is 2.32. The molecule has 1 aromatic carbocycles. The normalized spacial score (nSPS) is 10.3. The molecular weight excluding hydrogens is 314 g/mol. The molecule has 3 rings (SSSR count). The number of nitrogens with zero attached hydrogens (tertiary/aromatic N) is 3. The van der Waals surface area contributed by atoms with Gasteiger partial charge in [0, 0.05) is 16.9 Å². The molecule has 3 aromatic rings. The van der Waals surface area contributed by atoms with E-state index in [0.29, 0.717) is 22.3 Å². The molecule has 2 aromatic heterocycles. The molecule has 0 saturated heterocycles. The number of aromatic nitrogens is 3. The third kappa shape index (κ3) is 3.32. The monoisotopic (exact) mass is 327 g/mol. The molecule has 0 aliphatic heterocycles. The zero-order valence-corrected chi connectivity index (χ0v) is 13.1. The van der Waals surface area contributed by atoms with Crippen LogP contribution in [0.1, 0.15) is 5.56 Å². The zero-order valence-electron chi connectivity index (χ0n) is 12.3. The molecule has 2 heterocycles. The fourth-order valence-electron chi connectivity index (χ4n) is 1.95. The molecular formula is C16H14ClN5O. The van der Waals surface area contributed by atoms with Gasteiger partial charge in [0.15, 0.2) is 5.82 Å². The van der Waals surface area contributed by atoms with E-state index in [9.17, 15) is 0 Å². The summed E-state index contributed by atoms with van der Waals surface area (Å²) in [5.74, 6) is 1.25. The number of anilines is 3. The minimum atomic E-state index is 0.259. The maximum Gasteiger partial charge on any atom is 0.248 e. The highest BCUT2D eigenvalue weighted by Gasteiger charge is 2.12. The fourth-order valence-corrected chi connectivity index (χ4v) is 2.12. The summed E-state index contributed by atoms with van der Waals surface area (Å²) in [6, 6.07) is 9.10. The second kappa shape index (κ2) is 6.50. The molecule has 116 valence electrons. The minimum Gasteiger partial charge on any atom is -0.435 e. The van der Waals surface area contributed by atoms with Gasteiger partial charge in [0.05, 0.1) is 6.20 Å². The first kappa shape index (κ1) is 15.1. The van der Waals surface area contributed by atoms with Crippen LogP contribution in [0, 0.1) is 6.92 Å². The van der Waals surface area contributed by atoms with Crippen molar-refractivity contribution in [1.82, 2.24) is 15.0 Å². The van der Waals surface area contributed by atoms with Crippen molar-refractivity contribution in [2.24, 2.45) is 0 Å². The maximum atomic E-state index is 6.12. The Morgan fingerprint density at radius 3 is 2.83 bits per heavy atom. The van der Waals surface area contributed by atoms with Crippen LogP contribution >= 0.6 is 11.6 Å². The highest BCUT2D eigenvalue weighted by molar-refractivity contribution is 6.31. The molecule has 6 nitrogen and oxygen atoms in total. The van der Waals surface area contributed by atoms with Crippen molar-refractivity contribution in [3.63, 3.8) is 0 Å². The molecule has 0 fully saturated rings. The van der Waals surface area contributed by atoms with Gasteiger partial charge in [0.2, 0.25) is 5.88 Å². The number of pyridine rings is 1. The summed E-state index contributed by atoms with van der Waals surface area (Å²) >= 11 is 6.12. The molecule has 0 radical (unpaired) electrons. The first-order chi connectivity index (χ1) is 11.1. The molecule has 23 heavy (non-hydrogen) atoms. The molecule has 0 aliphatic rings. The lowest BCUT2D eigenvalue weighted by Gasteiger charge is -2.13. The van der Waals surface area contributed by atoms with Gasteiger partial charge in [0.1, 0.15) is 17.8 Å². The van der Waals surface area contributed by atoms with Gasteiger partial charge >= 0.3 is 0 Å². The number of rotatable bonds is 4. The quantitative estimate of drug-likeness (QED) is 0.754. The number of nitrogens with two attached hydrogens (primary N) is 1. The van der Waals surface area contributed by atoms with Crippen LogP contribution in [0.2, 0.25) is 5.02 Å². The second-order valence-corrected chi connectivity index (χ2v) is 5.18. The van der Waals surface area contributed by atoms with E-state index in [0.717, 1.165) is 11.3 Å². The SMILES string of the molecule is Cc1c(Cl)cccc1Nc1ncnc(Oc2cccnc2)c1N. The number of nitrogen functional groups attached to an aromatic ring is 1. The van der Waals surface area contributed by atoms with E-state index in [-0.39, 0.29) is 5.88 Å². The number of benzene rings is 1. The lowest BCUT2D eigenvalue weighted by molar-refractivity contribution is 0.462. The number of ether oxygens (including phenoxy) is 1. The lowest BCUT2D eigenvalue weighted by Crippen LogP contribution is -2.04. The highest BCUT2D eigenvalue weighted by atomic mass is 35.5. The average molecular weight is 328 g/mol. The molecule has 0 spiro atoms. The van der Waals surface area contributed by atoms with Crippen LogP contribution < -0.4 is 15.8 Å². The Morgan fingerprint density at radius 2 is 2.04 bits per heavy atom. The minimum absolute atomic E-state index is 0.259. The average Bonchev–Trinajstić information content (AvgIpc) is 2.56. The van der Waals surface area contributed by atoms with E-state index >= 15 is 0 Å². The van der Waals surface area contributed by atoms with E-state index in [2.05, 4.69) is 20.3 Å². The molecule has 7 heteroatoms. The van der Waals surface area contributed by atoms with Crippen LogP contribution in [0.5, 0.6) is 11.6 Å². The summed E-state index contributed by atoms with van der Waals surface area (Å²) in [5, 5.41) is 3.81. The third-order valence-corrected chi connectivity index (χ3v) is 3.63. The van der Waals surface area contributed by atoms with Crippen LogP contribution in [-0.4, -0.2) is 15.0 Å². The lowest BCUT2D eigenvalue weighted by atomic mass is 10.2. The van der Waals surface area contributed by atoms with E-state index in [1.165, 1.54) is 6.33 Å². The molecule has 3 N–H and O–H groups in total. The summed E-state index contributed by atoms with van der Waals surface area (Å²) in [6.45, 7) is 1.91.